The Bertz CT molecular complexity index is 951. The minimum atomic E-state index is -3.82. The number of hydrogen-bond donors (Lipinski definition) is 2. The van der Waals surface area contributed by atoms with E-state index < -0.39 is 60.7 Å². The lowest BCUT2D eigenvalue weighted by Gasteiger charge is -2.39. The van der Waals surface area contributed by atoms with Crippen LogP contribution >= 0.6 is 19.6 Å². The second kappa shape index (κ2) is 15.8. The van der Waals surface area contributed by atoms with Crippen molar-refractivity contribution in [3.63, 3.8) is 0 Å². The zero-order valence-electron chi connectivity index (χ0n) is 21.2. The zero-order chi connectivity index (χ0) is 28.1. The van der Waals surface area contributed by atoms with Crippen LogP contribution < -0.4 is 10.6 Å². The lowest BCUT2D eigenvalue weighted by Crippen LogP contribution is -2.50. The number of allylic oxidation sites excluding steroid dienone is 1. The van der Waals surface area contributed by atoms with Crippen LogP contribution in [0.2, 0.25) is 0 Å². The molecule has 0 aromatic carbocycles. The van der Waals surface area contributed by atoms with Gasteiger partial charge in [0.05, 0.1) is 26.1 Å². The second-order valence-corrected chi connectivity index (χ2v) is 11.3. The van der Waals surface area contributed by atoms with Gasteiger partial charge >= 0.3 is 13.8 Å². The number of phosphoric ester groups is 1. The first kappa shape index (κ1) is 32.6. The van der Waals surface area contributed by atoms with E-state index in [0.29, 0.717) is 0 Å². The molecule has 1 aliphatic rings. The molecule has 0 aliphatic carbocycles. The molecule has 1 aliphatic heterocycles. The van der Waals surface area contributed by atoms with Gasteiger partial charge in [0, 0.05) is 43.9 Å². The van der Waals surface area contributed by atoms with Crippen molar-refractivity contribution in [1.82, 2.24) is 10.6 Å². The molecule has 37 heavy (non-hydrogen) atoms. The minimum absolute atomic E-state index is 0.00202. The van der Waals surface area contributed by atoms with Crippen LogP contribution in [0, 0.1) is 5.41 Å². The topological polar surface area (TPSA) is 180 Å². The third-order valence-corrected chi connectivity index (χ3v) is 6.98. The number of thioether (sulfide) groups is 1. The normalized spacial score (nSPS) is 20.7. The summed E-state index contributed by atoms with van der Waals surface area (Å²) >= 11 is 0.833. The van der Waals surface area contributed by atoms with Crippen molar-refractivity contribution in [2.75, 3.05) is 39.2 Å². The van der Waals surface area contributed by atoms with Gasteiger partial charge in [0.2, 0.25) is 11.8 Å². The van der Waals surface area contributed by atoms with Crippen molar-refractivity contribution in [1.29, 1.82) is 0 Å². The van der Waals surface area contributed by atoms with E-state index in [0.717, 1.165) is 31.0 Å². The number of carbonyl (C=O) groups is 6. The van der Waals surface area contributed by atoms with Crippen molar-refractivity contribution >= 4 is 54.1 Å². The predicted molar refractivity (Wildman–Crippen MR) is 132 cm³/mol. The number of Topliss-reactive ketones (excluding diaryl/α,β-unsaturated/α-hetero) is 1. The van der Waals surface area contributed by atoms with Crippen molar-refractivity contribution in [3.05, 3.63) is 12.2 Å². The first-order valence-electron chi connectivity index (χ1n) is 11.4. The minimum Gasteiger partial charge on any atom is -0.463 e. The fraction of sp³-hybridized carbons (Fsp3) is 0.636. The zero-order valence-corrected chi connectivity index (χ0v) is 22.9. The molecule has 1 heterocycles. The Balaban J connectivity index is 2.25. The molecule has 2 atom stereocenters. The maximum atomic E-state index is 12.5. The van der Waals surface area contributed by atoms with Gasteiger partial charge in [-0.2, -0.15) is 0 Å². The van der Waals surface area contributed by atoms with E-state index in [1.807, 2.05) is 0 Å². The molecule has 0 aromatic rings. The first-order chi connectivity index (χ1) is 17.3. The SMILES string of the molecule is CCOC(=O)/C=C/C(=O)CC(=O)CC(=O)SCCNC(=O)CCNC(=O)[C@@H]1OP(=O)(OC)OCC1(C)C. The quantitative estimate of drug-likeness (QED) is 0.0952. The Labute approximate surface area is 219 Å². The van der Waals surface area contributed by atoms with E-state index in [9.17, 15) is 33.3 Å². The molecule has 1 saturated heterocycles. The van der Waals surface area contributed by atoms with Gasteiger partial charge in [-0.25, -0.2) is 9.36 Å². The molecule has 208 valence electrons. The van der Waals surface area contributed by atoms with Gasteiger partial charge < -0.3 is 15.4 Å². The molecule has 0 saturated carbocycles. The van der Waals surface area contributed by atoms with E-state index in [4.69, 9.17) is 13.6 Å². The number of ether oxygens (including phenoxy) is 1. The Kier molecular flexibility index (Phi) is 13.9. The standard InChI is InChI=1S/C22H33N2O11PS/c1-5-33-18(28)7-6-15(25)12-16(26)13-19(29)37-11-10-23-17(27)8-9-24-21(30)20-22(2,3)14-34-36(31,32-4)35-20/h6-7,20H,5,8-14H2,1-4H3,(H,23,27)(H,24,30)/b7-6+/t20-,36?/m0/s1. The van der Waals surface area contributed by atoms with E-state index >= 15 is 0 Å². The van der Waals surface area contributed by atoms with Gasteiger partial charge in [0.15, 0.2) is 17.0 Å². The van der Waals surface area contributed by atoms with Crippen LogP contribution in [0.3, 0.4) is 0 Å². The van der Waals surface area contributed by atoms with Crippen molar-refractivity contribution in [2.24, 2.45) is 5.41 Å². The largest absolute Gasteiger partial charge is 0.475 e. The maximum Gasteiger partial charge on any atom is 0.475 e. The smallest absolute Gasteiger partial charge is 0.463 e. The summed E-state index contributed by atoms with van der Waals surface area (Å²) in [6, 6.07) is 0. The van der Waals surface area contributed by atoms with Crippen molar-refractivity contribution in [2.45, 2.75) is 46.1 Å². The summed E-state index contributed by atoms with van der Waals surface area (Å²) in [5.41, 5.74) is -0.767. The number of esters is 1. The molecule has 0 spiro atoms. The van der Waals surface area contributed by atoms with Gasteiger partial charge in [-0.05, 0) is 13.0 Å². The summed E-state index contributed by atoms with van der Waals surface area (Å²) in [4.78, 5) is 70.9. The lowest BCUT2D eigenvalue weighted by molar-refractivity contribution is -0.141. The number of amides is 2. The fourth-order valence-electron chi connectivity index (χ4n) is 2.84. The summed E-state index contributed by atoms with van der Waals surface area (Å²) in [7, 11) is -2.67. The molecular weight excluding hydrogens is 531 g/mol. The average molecular weight is 565 g/mol. The summed E-state index contributed by atoms with van der Waals surface area (Å²) < 4.78 is 31.8. The van der Waals surface area contributed by atoms with Crippen LogP contribution in [0.5, 0.6) is 0 Å². The Hall–Kier alpha value is -2.38. The predicted octanol–water partition coefficient (Wildman–Crippen LogP) is 1.10. The number of nitrogens with one attached hydrogen (secondary N) is 2. The number of phosphoric acid groups is 1. The number of hydrogen-bond acceptors (Lipinski definition) is 12. The van der Waals surface area contributed by atoms with Gasteiger partial charge in [0.1, 0.15) is 5.78 Å². The third-order valence-electron chi connectivity index (χ3n) is 4.74. The molecule has 15 heteroatoms. The van der Waals surface area contributed by atoms with E-state index in [-0.39, 0.29) is 44.4 Å². The first-order valence-corrected chi connectivity index (χ1v) is 13.8. The Morgan fingerprint density at radius 2 is 1.78 bits per heavy atom. The molecule has 2 amide bonds. The summed E-state index contributed by atoms with van der Waals surface area (Å²) in [6.07, 6.45) is -0.252. The molecule has 0 aromatic heterocycles. The monoisotopic (exact) mass is 564 g/mol. The molecule has 1 rings (SSSR count). The van der Waals surface area contributed by atoms with E-state index in [1.54, 1.807) is 20.8 Å². The van der Waals surface area contributed by atoms with Gasteiger partial charge in [-0.3, -0.25) is 37.5 Å². The van der Waals surface area contributed by atoms with Crippen molar-refractivity contribution < 1.29 is 51.6 Å². The maximum absolute atomic E-state index is 12.5. The van der Waals surface area contributed by atoms with Gasteiger partial charge in [-0.15, -0.1) is 0 Å². The Morgan fingerprint density at radius 3 is 2.43 bits per heavy atom. The van der Waals surface area contributed by atoms with E-state index in [2.05, 4.69) is 15.4 Å². The highest BCUT2D eigenvalue weighted by Gasteiger charge is 2.48. The third kappa shape index (κ3) is 12.6. The number of carbonyl (C=O) groups excluding carboxylic acids is 6. The molecule has 0 bridgehead atoms. The van der Waals surface area contributed by atoms with Crippen LogP contribution in [-0.4, -0.2) is 79.7 Å². The molecule has 2 N–H and O–H groups in total. The number of rotatable bonds is 15. The van der Waals surface area contributed by atoms with Crippen molar-refractivity contribution in [3.8, 4) is 0 Å². The van der Waals surface area contributed by atoms with Crippen LogP contribution in [0.15, 0.2) is 12.2 Å². The molecule has 1 unspecified atom stereocenters. The van der Waals surface area contributed by atoms with Crippen LogP contribution in [0.1, 0.15) is 40.0 Å². The van der Waals surface area contributed by atoms with Gasteiger partial charge in [0.25, 0.3) is 0 Å². The molecule has 0 radical (unpaired) electrons. The van der Waals surface area contributed by atoms with Crippen LogP contribution in [0.4, 0.5) is 0 Å². The molecule has 1 fully saturated rings. The summed E-state index contributed by atoms with van der Waals surface area (Å²) in [5, 5.41) is 4.68. The highest BCUT2D eigenvalue weighted by molar-refractivity contribution is 8.13. The summed E-state index contributed by atoms with van der Waals surface area (Å²) in [5.74, 6) is -2.63. The molecular formula is C22H33N2O11PS. The lowest BCUT2D eigenvalue weighted by atomic mass is 9.87. The summed E-state index contributed by atoms with van der Waals surface area (Å²) in [6.45, 7) is 5.31. The number of ketones is 2. The van der Waals surface area contributed by atoms with E-state index in [1.165, 1.54) is 0 Å². The highest BCUT2D eigenvalue weighted by Crippen LogP contribution is 2.56. The highest BCUT2D eigenvalue weighted by atomic mass is 32.2. The molecule has 13 nitrogen and oxygen atoms in total. The fourth-order valence-corrected chi connectivity index (χ4v) is 4.91. The van der Waals surface area contributed by atoms with Gasteiger partial charge in [-0.1, -0.05) is 25.6 Å². The average Bonchev–Trinajstić information content (AvgIpc) is 2.82. The Morgan fingerprint density at radius 1 is 1.08 bits per heavy atom. The van der Waals surface area contributed by atoms with Crippen LogP contribution in [-0.2, 0) is 51.6 Å². The second-order valence-electron chi connectivity index (χ2n) is 8.43. The van der Waals surface area contributed by atoms with Crippen LogP contribution in [0.25, 0.3) is 0 Å².